The summed E-state index contributed by atoms with van der Waals surface area (Å²) in [4.78, 5) is 35.4. The third-order valence-corrected chi connectivity index (χ3v) is 3.57. The van der Waals surface area contributed by atoms with Crippen LogP contribution in [0.4, 0.5) is 0 Å². The second kappa shape index (κ2) is 6.01. The summed E-state index contributed by atoms with van der Waals surface area (Å²) in [6.45, 7) is 3.13. The van der Waals surface area contributed by atoms with E-state index < -0.39 is 11.5 Å². The van der Waals surface area contributed by atoms with Gasteiger partial charge >= 0.3 is 0 Å². The van der Waals surface area contributed by atoms with E-state index in [-0.39, 0.29) is 23.6 Å². The molecule has 0 spiro atoms. The van der Waals surface area contributed by atoms with Crippen LogP contribution in [-0.2, 0) is 18.3 Å². The number of fused-ring (bicyclic) bond motifs is 1. The molecule has 1 aromatic heterocycles. The maximum absolute atomic E-state index is 12.3. The lowest BCUT2D eigenvalue weighted by molar-refractivity contribution is -0.116. The minimum absolute atomic E-state index is 0.186. The van der Waals surface area contributed by atoms with E-state index in [9.17, 15) is 19.5 Å². The van der Waals surface area contributed by atoms with Crippen molar-refractivity contribution >= 4 is 22.6 Å². The minimum Gasteiger partial charge on any atom is -0.506 e. The molecule has 0 fully saturated rings. The number of amides is 1. The lowest BCUT2D eigenvalue weighted by atomic mass is 10.1. The number of aromatic hydroxyl groups is 1. The van der Waals surface area contributed by atoms with Gasteiger partial charge in [-0.1, -0.05) is 13.0 Å². The first kappa shape index (κ1) is 15.8. The Morgan fingerprint density at radius 1 is 1.32 bits per heavy atom. The van der Waals surface area contributed by atoms with Crippen LogP contribution in [0.2, 0.25) is 0 Å². The Morgan fingerprint density at radius 3 is 2.59 bits per heavy atom. The van der Waals surface area contributed by atoms with Crippen LogP contribution < -0.4 is 10.9 Å². The minimum atomic E-state index is -0.755. The van der Waals surface area contributed by atoms with Crippen molar-refractivity contribution in [2.24, 2.45) is 7.05 Å². The van der Waals surface area contributed by atoms with Crippen LogP contribution in [0.1, 0.15) is 29.8 Å². The van der Waals surface area contributed by atoms with Gasteiger partial charge in [-0.05, 0) is 31.0 Å². The molecule has 1 aromatic carbocycles. The van der Waals surface area contributed by atoms with Gasteiger partial charge in [0.15, 0.2) is 0 Å². The molecule has 6 heteroatoms. The van der Waals surface area contributed by atoms with E-state index in [4.69, 9.17) is 0 Å². The maximum Gasteiger partial charge on any atom is 0.267 e. The Bertz CT molecular complexity index is 821. The molecule has 0 saturated heterocycles. The van der Waals surface area contributed by atoms with Crippen LogP contribution in [0.15, 0.2) is 23.0 Å². The molecule has 0 aliphatic rings. The van der Waals surface area contributed by atoms with Gasteiger partial charge in [0, 0.05) is 12.4 Å². The number of nitrogens with zero attached hydrogens (tertiary/aromatic N) is 1. The van der Waals surface area contributed by atoms with Crippen LogP contribution >= 0.6 is 0 Å². The summed E-state index contributed by atoms with van der Waals surface area (Å²) in [7, 11) is 1.55. The molecular weight excluding hydrogens is 284 g/mol. The Hall–Kier alpha value is -2.63. The molecular formula is C16H18N2O4. The highest BCUT2D eigenvalue weighted by molar-refractivity contribution is 6.03. The van der Waals surface area contributed by atoms with E-state index in [2.05, 4.69) is 5.32 Å². The summed E-state index contributed by atoms with van der Waals surface area (Å²) >= 11 is 0. The lowest BCUT2D eigenvalue weighted by Crippen LogP contribution is -2.34. The van der Waals surface area contributed by atoms with Crippen molar-refractivity contribution in [3.05, 3.63) is 39.7 Å². The first-order chi connectivity index (χ1) is 10.4. The average molecular weight is 302 g/mol. The van der Waals surface area contributed by atoms with Crippen molar-refractivity contribution in [1.82, 2.24) is 9.88 Å². The fraction of sp³-hybridized carbons (Fsp3) is 0.312. The summed E-state index contributed by atoms with van der Waals surface area (Å²) in [6.07, 6.45) is 0.797. The summed E-state index contributed by atoms with van der Waals surface area (Å²) in [5.41, 5.74) is 0.639. The predicted octanol–water partition coefficient (Wildman–Crippen LogP) is 1.13. The van der Waals surface area contributed by atoms with Gasteiger partial charge in [0.1, 0.15) is 17.1 Å². The summed E-state index contributed by atoms with van der Waals surface area (Å²) in [5, 5.41) is 13.1. The molecule has 0 aliphatic carbocycles. The molecule has 0 unspecified atom stereocenters. The predicted molar refractivity (Wildman–Crippen MR) is 83.2 cm³/mol. The molecule has 116 valence electrons. The lowest BCUT2D eigenvalue weighted by Gasteiger charge is -2.12. The average Bonchev–Trinajstić information content (AvgIpc) is 2.50. The zero-order chi connectivity index (χ0) is 16.4. The molecule has 0 saturated carbocycles. The molecule has 0 bridgehead atoms. The number of Topliss-reactive ketones (excluding diaryl/α,β-unsaturated/α-hetero) is 1. The van der Waals surface area contributed by atoms with Crippen molar-refractivity contribution in [1.29, 1.82) is 0 Å². The molecule has 1 heterocycles. The highest BCUT2D eigenvalue weighted by Gasteiger charge is 2.21. The third kappa shape index (κ3) is 2.72. The van der Waals surface area contributed by atoms with Crippen molar-refractivity contribution in [2.75, 3.05) is 6.54 Å². The fourth-order valence-electron chi connectivity index (χ4n) is 2.29. The summed E-state index contributed by atoms with van der Waals surface area (Å²) in [5.74, 6) is -1.35. The Kier molecular flexibility index (Phi) is 4.30. The molecule has 2 N–H and O–H groups in total. The number of aromatic nitrogens is 1. The number of carbonyl (C=O) groups is 2. The monoisotopic (exact) mass is 302 g/mol. The number of nitrogens with one attached hydrogen (secondary N) is 1. The first-order valence-corrected chi connectivity index (χ1v) is 6.99. The topological polar surface area (TPSA) is 88.4 Å². The number of hydrogen-bond donors (Lipinski definition) is 2. The van der Waals surface area contributed by atoms with E-state index in [0.29, 0.717) is 10.9 Å². The van der Waals surface area contributed by atoms with Crippen LogP contribution in [0, 0.1) is 0 Å². The maximum atomic E-state index is 12.3. The molecule has 2 aromatic rings. The number of benzene rings is 1. The Labute approximate surface area is 127 Å². The number of rotatable bonds is 4. The largest absolute Gasteiger partial charge is 0.506 e. The van der Waals surface area contributed by atoms with Gasteiger partial charge in [-0.2, -0.15) is 0 Å². The number of hydrogen-bond acceptors (Lipinski definition) is 4. The third-order valence-electron chi connectivity index (χ3n) is 3.57. The van der Waals surface area contributed by atoms with Gasteiger partial charge in [-0.3, -0.25) is 14.4 Å². The van der Waals surface area contributed by atoms with E-state index in [1.807, 2.05) is 19.1 Å². The van der Waals surface area contributed by atoms with Crippen molar-refractivity contribution in [3.63, 3.8) is 0 Å². The second-order valence-corrected chi connectivity index (χ2v) is 5.18. The van der Waals surface area contributed by atoms with E-state index in [1.54, 1.807) is 13.1 Å². The van der Waals surface area contributed by atoms with E-state index >= 15 is 0 Å². The normalized spacial score (nSPS) is 10.7. The zero-order valence-electron chi connectivity index (χ0n) is 12.8. The summed E-state index contributed by atoms with van der Waals surface area (Å²) in [6, 6.07) is 5.34. The summed E-state index contributed by atoms with van der Waals surface area (Å²) < 4.78 is 1.33. The van der Waals surface area contributed by atoms with Gasteiger partial charge in [-0.25, -0.2) is 0 Å². The van der Waals surface area contributed by atoms with E-state index in [1.165, 1.54) is 11.5 Å². The Morgan fingerprint density at radius 2 is 2.00 bits per heavy atom. The van der Waals surface area contributed by atoms with Crippen LogP contribution in [0.5, 0.6) is 5.75 Å². The van der Waals surface area contributed by atoms with Crippen molar-refractivity contribution < 1.29 is 14.7 Å². The molecule has 0 atom stereocenters. The highest BCUT2D eigenvalue weighted by atomic mass is 16.3. The molecule has 6 nitrogen and oxygen atoms in total. The van der Waals surface area contributed by atoms with Gasteiger partial charge in [-0.15, -0.1) is 0 Å². The van der Waals surface area contributed by atoms with Gasteiger partial charge < -0.3 is 15.0 Å². The quantitative estimate of drug-likeness (QED) is 0.886. The second-order valence-electron chi connectivity index (χ2n) is 5.18. The number of ketones is 1. The van der Waals surface area contributed by atoms with Gasteiger partial charge in [0.2, 0.25) is 0 Å². The number of aryl methyl sites for hydroxylation is 2. The van der Waals surface area contributed by atoms with Crippen molar-refractivity contribution in [2.45, 2.75) is 20.3 Å². The first-order valence-electron chi connectivity index (χ1n) is 6.99. The van der Waals surface area contributed by atoms with E-state index in [0.717, 1.165) is 12.0 Å². The highest BCUT2D eigenvalue weighted by Crippen LogP contribution is 2.26. The zero-order valence-corrected chi connectivity index (χ0v) is 12.8. The fourth-order valence-corrected chi connectivity index (χ4v) is 2.29. The smallest absolute Gasteiger partial charge is 0.267 e. The van der Waals surface area contributed by atoms with Gasteiger partial charge in [0.05, 0.1) is 12.1 Å². The van der Waals surface area contributed by atoms with Crippen LogP contribution in [0.25, 0.3) is 10.9 Å². The Balaban J connectivity index is 2.64. The van der Waals surface area contributed by atoms with Crippen LogP contribution in [-0.4, -0.2) is 27.9 Å². The van der Waals surface area contributed by atoms with Crippen molar-refractivity contribution in [3.8, 4) is 5.75 Å². The standard InChI is InChI=1S/C16H18N2O4/c1-4-10-5-6-11-12(7-10)18(3)16(22)13(14(11)20)15(21)17-8-9(2)19/h5-7,20H,4,8H2,1-3H3,(H,17,21). The molecule has 0 radical (unpaired) electrons. The molecule has 0 aliphatic heterocycles. The van der Waals surface area contributed by atoms with Gasteiger partial charge in [0.25, 0.3) is 11.5 Å². The number of pyridine rings is 1. The molecule has 2 rings (SSSR count). The van der Waals surface area contributed by atoms with Crippen LogP contribution in [0.3, 0.4) is 0 Å². The molecule has 22 heavy (non-hydrogen) atoms. The number of carbonyl (C=O) groups excluding carboxylic acids is 2. The SMILES string of the molecule is CCc1ccc2c(O)c(C(=O)NCC(C)=O)c(=O)n(C)c2c1. The molecule has 1 amide bonds.